The molecular formula is C13H14O. The molecule has 0 saturated carbocycles. The number of benzene rings is 2. The first-order valence-electron chi connectivity index (χ1n) is 4.91. The molecule has 0 amide bonds. The molecule has 0 heterocycles. The zero-order valence-electron chi connectivity index (χ0n) is 8.58. The quantitative estimate of drug-likeness (QED) is 0.698. The molecule has 0 aliphatic heterocycles. The predicted octanol–water partition coefficient (Wildman–Crippen LogP) is 3.41. The zero-order chi connectivity index (χ0) is 9.97. The molecule has 0 unspecified atom stereocenters. The minimum absolute atomic E-state index is 0.992. The molecule has 0 spiro atoms. The molecular weight excluding hydrogens is 172 g/mol. The Morgan fingerprint density at radius 2 is 1.86 bits per heavy atom. The molecule has 0 aromatic heterocycles. The first-order chi connectivity index (χ1) is 6.86. The number of rotatable bonds is 2. The maximum Gasteiger partial charge on any atom is 0.122 e. The number of hydrogen-bond donors (Lipinski definition) is 0. The van der Waals surface area contributed by atoms with Crippen molar-refractivity contribution in [3.63, 3.8) is 0 Å². The molecule has 0 fully saturated rings. The van der Waals surface area contributed by atoms with E-state index in [4.69, 9.17) is 4.74 Å². The highest BCUT2D eigenvalue weighted by Gasteiger charge is 2.04. The number of hydrogen-bond acceptors (Lipinski definition) is 1. The van der Waals surface area contributed by atoms with Crippen molar-refractivity contribution in [1.82, 2.24) is 0 Å². The fraction of sp³-hybridized carbons (Fsp3) is 0.231. The van der Waals surface area contributed by atoms with Gasteiger partial charge in [-0.1, -0.05) is 37.3 Å². The largest absolute Gasteiger partial charge is 0.496 e. The van der Waals surface area contributed by atoms with Crippen LogP contribution in [-0.2, 0) is 6.42 Å². The summed E-state index contributed by atoms with van der Waals surface area (Å²) in [6.45, 7) is 2.16. The van der Waals surface area contributed by atoms with Crippen LogP contribution in [0.2, 0.25) is 0 Å². The summed E-state index contributed by atoms with van der Waals surface area (Å²) in [5.74, 6) is 0.992. The number of aryl methyl sites for hydroxylation is 1. The molecule has 0 N–H and O–H groups in total. The average Bonchev–Trinajstić information content (AvgIpc) is 2.27. The summed E-state index contributed by atoms with van der Waals surface area (Å²) in [6.07, 6.45) is 1.00. The van der Waals surface area contributed by atoms with Crippen LogP contribution in [0.25, 0.3) is 10.8 Å². The van der Waals surface area contributed by atoms with Crippen molar-refractivity contribution in [2.45, 2.75) is 13.3 Å². The van der Waals surface area contributed by atoms with E-state index in [-0.39, 0.29) is 0 Å². The van der Waals surface area contributed by atoms with Gasteiger partial charge in [-0.3, -0.25) is 0 Å². The van der Waals surface area contributed by atoms with Crippen molar-refractivity contribution in [3.05, 3.63) is 42.0 Å². The van der Waals surface area contributed by atoms with Crippen LogP contribution < -0.4 is 4.74 Å². The summed E-state index contributed by atoms with van der Waals surface area (Å²) in [5, 5.41) is 2.58. The minimum Gasteiger partial charge on any atom is -0.496 e. The molecule has 2 aromatic rings. The molecule has 72 valence electrons. The monoisotopic (exact) mass is 186 g/mol. The Morgan fingerprint density at radius 1 is 1.07 bits per heavy atom. The average molecular weight is 186 g/mol. The topological polar surface area (TPSA) is 9.23 Å². The molecule has 0 aliphatic carbocycles. The van der Waals surface area contributed by atoms with E-state index in [1.54, 1.807) is 7.11 Å². The van der Waals surface area contributed by atoms with Gasteiger partial charge in [0.05, 0.1) is 7.11 Å². The molecule has 1 nitrogen and oxygen atoms in total. The number of fused-ring (bicyclic) bond motifs is 1. The highest BCUT2D eigenvalue weighted by Crippen LogP contribution is 2.27. The second-order valence-corrected chi connectivity index (χ2v) is 3.32. The standard InChI is InChI=1S/C13H14O/c1-3-11-12-7-5-4-6-10(12)8-9-13(11)14-2/h4-9H,3H2,1-2H3. The van der Waals surface area contributed by atoms with Crippen LogP contribution in [0.1, 0.15) is 12.5 Å². The van der Waals surface area contributed by atoms with Crippen molar-refractivity contribution in [1.29, 1.82) is 0 Å². The fourth-order valence-electron chi connectivity index (χ4n) is 1.87. The summed E-state index contributed by atoms with van der Waals surface area (Å²) in [6, 6.07) is 12.6. The van der Waals surface area contributed by atoms with Crippen molar-refractivity contribution in [3.8, 4) is 5.75 Å². The minimum atomic E-state index is 0.992. The van der Waals surface area contributed by atoms with Crippen LogP contribution >= 0.6 is 0 Å². The van der Waals surface area contributed by atoms with Crippen LogP contribution in [0.15, 0.2) is 36.4 Å². The fourth-order valence-corrected chi connectivity index (χ4v) is 1.87. The third-order valence-corrected chi connectivity index (χ3v) is 2.57. The summed E-state index contributed by atoms with van der Waals surface area (Å²) in [5.41, 5.74) is 1.30. The highest BCUT2D eigenvalue weighted by atomic mass is 16.5. The molecule has 2 rings (SSSR count). The van der Waals surface area contributed by atoms with Crippen molar-refractivity contribution >= 4 is 10.8 Å². The summed E-state index contributed by atoms with van der Waals surface area (Å²) in [7, 11) is 1.73. The molecule has 0 radical (unpaired) electrons. The molecule has 2 aromatic carbocycles. The van der Waals surface area contributed by atoms with Gasteiger partial charge in [0, 0.05) is 5.56 Å². The third kappa shape index (κ3) is 1.35. The van der Waals surface area contributed by atoms with Crippen LogP contribution in [0.3, 0.4) is 0 Å². The van der Waals surface area contributed by atoms with E-state index >= 15 is 0 Å². The number of ether oxygens (including phenoxy) is 1. The van der Waals surface area contributed by atoms with Gasteiger partial charge in [0.2, 0.25) is 0 Å². The van der Waals surface area contributed by atoms with Gasteiger partial charge in [-0.15, -0.1) is 0 Å². The summed E-state index contributed by atoms with van der Waals surface area (Å²) < 4.78 is 5.34. The van der Waals surface area contributed by atoms with Crippen LogP contribution in [-0.4, -0.2) is 7.11 Å². The van der Waals surface area contributed by atoms with Crippen LogP contribution in [0.4, 0.5) is 0 Å². The lowest BCUT2D eigenvalue weighted by molar-refractivity contribution is 0.411. The van der Waals surface area contributed by atoms with Crippen LogP contribution in [0, 0.1) is 0 Å². The molecule has 1 heteroatoms. The van der Waals surface area contributed by atoms with Gasteiger partial charge in [-0.05, 0) is 23.3 Å². The van der Waals surface area contributed by atoms with Gasteiger partial charge in [-0.2, -0.15) is 0 Å². The Labute approximate surface area is 84.3 Å². The van der Waals surface area contributed by atoms with E-state index in [9.17, 15) is 0 Å². The Bertz CT molecular complexity index is 446. The van der Waals surface area contributed by atoms with Gasteiger partial charge in [0.15, 0.2) is 0 Å². The summed E-state index contributed by atoms with van der Waals surface area (Å²) >= 11 is 0. The van der Waals surface area contributed by atoms with Gasteiger partial charge in [-0.25, -0.2) is 0 Å². The predicted molar refractivity (Wildman–Crippen MR) is 59.9 cm³/mol. The second kappa shape index (κ2) is 3.70. The van der Waals surface area contributed by atoms with Gasteiger partial charge in [0.25, 0.3) is 0 Å². The lowest BCUT2D eigenvalue weighted by Crippen LogP contribution is -1.91. The van der Waals surface area contributed by atoms with Gasteiger partial charge in [0.1, 0.15) is 5.75 Å². The van der Waals surface area contributed by atoms with E-state index in [1.165, 1.54) is 16.3 Å². The Hall–Kier alpha value is -1.50. The smallest absolute Gasteiger partial charge is 0.122 e. The molecule has 14 heavy (non-hydrogen) atoms. The first kappa shape index (κ1) is 9.07. The SMILES string of the molecule is CCc1c(OC)ccc2ccccc12. The third-order valence-electron chi connectivity index (χ3n) is 2.57. The molecule has 0 atom stereocenters. The Kier molecular flexibility index (Phi) is 2.40. The Balaban J connectivity index is 2.77. The molecule has 0 aliphatic rings. The lowest BCUT2D eigenvalue weighted by Gasteiger charge is -2.09. The van der Waals surface area contributed by atoms with E-state index in [0.717, 1.165) is 12.2 Å². The Morgan fingerprint density at radius 3 is 2.57 bits per heavy atom. The normalized spacial score (nSPS) is 10.4. The lowest BCUT2D eigenvalue weighted by atomic mass is 10.0. The van der Waals surface area contributed by atoms with E-state index in [0.29, 0.717) is 0 Å². The summed E-state index contributed by atoms with van der Waals surface area (Å²) in [4.78, 5) is 0. The van der Waals surface area contributed by atoms with Crippen molar-refractivity contribution in [2.75, 3.05) is 7.11 Å². The van der Waals surface area contributed by atoms with E-state index in [2.05, 4.69) is 37.3 Å². The van der Waals surface area contributed by atoms with Crippen LogP contribution in [0.5, 0.6) is 5.75 Å². The highest BCUT2D eigenvalue weighted by molar-refractivity contribution is 5.87. The zero-order valence-corrected chi connectivity index (χ0v) is 8.58. The van der Waals surface area contributed by atoms with E-state index < -0.39 is 0 Å². The molecule has 0 bridgehead atoms. The first-order valence-corrected chi connectivity index (χ1v) is 4.91. The maximum atomic E-state index is 5.34. The number of methoxy groups -OCH3 is 1. The van der Waals surface area contributed by atoms with Gasteiger partial charge >= 0.3 is 0 Å². The van der Waals surface area contributed by atoms with Gasteiger partial charge < -0.3 is 4.74 Å². The van der Waals surface area contributed by atoms with Crippen molar-refractivity contribution in [2.24, 2.45) is 0 Å². The maximum absolute atomic E-state index is 5.34. The molecule has 0 saturated heterocycles. The van der Waals surface area contributed by atoms with E-state index in [1.807, 2.05) is 6.07 Å². The van der Waals surface area contributed by atoms with Crippen molar-refractivity contribution < 1.29 is 4.74 Å². The second-order valence-electron chi connectivity index (χ2n) is 3.32.